The molecule has 1 spiro atoms. The van der Waals surface area contributed by atoms with Crippen molar-refractivity contribution in [3.05, 3.63) is 65.7 Å². The van der Waals surface area contributed by atoms with Gasteiger partial charge in [-0.2, -0.15) is 5.10 Å². The summed E-state index contributed by atoms with van der Waals surface area (Å²) in [5, 5.41) is 7.79. The summed E-state index contributed by atoms with van der Waals surface area (Å²) in [5.74, 6) is 1.16. The van der Waals surface area contributed by atoms with Crippen molar-refractivity contribution in [2.45, 2.75) is 51.6 Å². The molecule has 146 valence electrons. The Kier molecular flexibility index (Phi) is 2.68. The Bertz CT molecular complexity index is 1140. The minimum absolute atomic E-state index is 0.120. The van der Waals surface area contributed by atoms with Gasteiger partial charge in [0.2, 0.25) is 0 Å². The Morgan fingerprint density at radius 1 is 0.966 bits per heavy atom. The lowest BCUT2D eigenvalue weighted by molar-refractivity contribution is 0.0407. The van der Waals surface area contributed by atoms with Gasteiger partial charge in [-0.05, 0) is 35.8 Å². The Balaban J connectivity index is 1.62. The molecule has 3 nitrogen and oxygen atoms in total. The van der Waals surface area contributed by atoms with Gasteiger partial charge in [-0.15, -0.1) is 0 Å². The molecule has 4 heterocycles. The average Bonchev–Trinajstić information content (AvgIpc) is 3.01. The van der Waals surface area contributed by atoms with E-state index in [0.717, 1.165) is 18.8 Å². The molecule has 3 heteroatoms. The number of fused-ring (bicyclic) bond motifs is 4. The van der Waals surface area contributed by atoms with Gasteiger partial charge < -0.3 is 4.90 Å². The predicted octanol–water partition coefficient (Wildman–Crippen LogP) is 5.51. The van der Waals surface area contributed by atoms with E-state index in [1.54, 1.807) is 0 Å². The molecule has 0 bridgehead atoms. The van der Waals surface area contributed by atoms with Crippen molar-refractivity contribution in [2.24, 2.45) is 15.9 Å². The molecule has 29 heavy (non-hydrogen) atoms. The van der Waals surface area contributed by atoms with Crippen LogP contribution in [0.1, 0.15) is 51.2 Å². The molecule has 0 aromatic heterocycles. The number of hydrogen-bond donors (Lipinski definition) is 0. The third kappa shape index (κ3) is 1.60. The third-order valence-corrected chi connectivity index (χ3v) is 8.51. The smallest absolute Gasteiger partial charge is 0.162 e. The fourth-order valence-corrected chi connectivity index (χ4v) is 7.09. The summed E-state index contributed by atoms with van der Waals surface area (Å²) in [6, 6.07) is 15.8. The summed E-state index contributed by atoms with van der Waals surface area (Å²) in [6.07, 6.45) is 8.99. The van der Waals surface area contributed by atoms with Gasteiger partial charge in [-0.3, -0.25) is 5.01 Å². The van der Waals surface area contributed by atoms with Crippen molar-refractivity contribution in [1.82, 2.24) is 5.01 Å². The van der Waals surface area contributed by atoms with Crippen LogP contribution in [0.4, 0.5) is 5.69 Å². The van der Waals surface area contributed by atoms with Gasteiger partial charge in [0, 0.05) is 28.5 Å². The van der Waals surface area contributed by atoms with E-state index in [1.165, 1.54) is 40.8 Å². The lowest BCUT2D eigenvalue weighted by atomic mass is 9.46. The first kappa shape index (κ1) is 16.3. The van der Waals surface area contributed by atoms with Crippen LogP contribution in [0.3, 0.4) is 0 Å². The number of rotatable bonds is 1. The molecule has 0 N–H and O–H groups in total. The largest absolute Gasteiger partial charge is 0.300 e. The van der Waals surface area contributed by atoms with E-state index < -0.39 is 0 Å². The molecule has 0 amide bonds. The molecule has 0 radical (unpaired) electrons. The Hall–Kier alpha value is -2.55. The lowest BCUT2D eigenvalue weighted by Gasteiger charge is -2.64. The van der Waals surface area contributed by atoms with E-state index in [-0.39, 0.29) is 16.2 Å². The van der Waals surface area contributed by atoms with Crippen LogP contribution in [0.15, 0.2) is 59.7 Å². The number of hydrogen-bond acceptors (Lipinski definition) is 3. The summed E-state index contributed by atoms with van der Waals surface area (Å²) < 4.78 is 0. The molecule has 5 aliphatic rings. The highest BCUT2D eigenvalue weighted by atomic mass is 15.6. The normalized spacial score (nSPS) is 33.9. The van der Waals surface area contributed by atoms with Crippen LogP contribution in [-0.2, 0) is 5.41 Å². The second-order valence-corrected chi connectivity index (χ2v) is 10.4. The van der Waals surface area contributed by atoms with Gasteiger partial charge in [0.25, 0.3) is 0 Å². The minimum Gasteiger partial charge on any atom is -0.300 e. The van der Waals surface area contributed by atoms with E-state index >= 15 is 0 Å². The van der Waals surface area contributed by atoms with Crippen molar-refractivity contribution < 1.29 is 0 Å². The maximum Gasteiger partial charge on any atom is 0.162 e. The molecule has 1 fully saturated rings. The second kappa shape index (κ2) is 4.77. The van der Waals surface area contributed by atoms with Crippen LogP contribution in [0.5, 0.6) is 0 Å². The Labute approximate surface area is 172 Å². The molecule has 3 atom stereocenters. The first-order valence-corrected chi connectivity index (χ1v) is 11.1. The second-order valence-electron chi connectivity index (χ2n) is 10.4. The van der Waals surface area contributed by atoms with E-state index in [4.69, 9.17) is 5.10 Å². The van der Waals surface area contributed by atoms with Crippen LogP contribution in [-0.4, -0.2) is 23.6 Å². The number of allylic oxidation sites excluding steroid dienone is 1. The standard InChI is InChI=1S/C26H27N3/c1-4-25-14-15-26(25)13-12-24(2,3)16-28-23(26)29-21-18(10-7-11-20(21)25)17-8-5-6-9-19(17)22(29)27-28/h5-11,14-15,23H,4,12-13,16H2,1-3H3. The van der Waals surface area contributed by atoms with Crippen LogP contribution >= 0.6 is 0 Å². The molecule has 2 aromatic carbocycles. The van der Waals surface area contributed by atoms with Crippen molar-refractivity contribution in [2.75, 3.05) is 11.4 Å². The highest BCUT2D eigenvalue weighted by molar-refractivity contribution is 6.21. The molecular formula is C26H27N3. The lowest BCUT2D eigenvalue weighted by Crippen LogP contribution is -2.67. The quantitative estimate of drug-likeness (QED) is 0.606. The third-order valence-electron chi connectivity index (χ3n) is 8.51. The molecule has 1 saturated heterocycles. The number of anilines is 1. The van der Waals surface area contributed by atoms with Gasteiger partial charge in [-0.1, -0.05) is 75.4 Å². The maximum absolute atomic E-state index is 5.33. The van der Waals surface area contributed by atoms with E-state index in [2.05, 4.69) is 85.3 Å². The average molecular weight is 382 g/mol. The van der Waals surface area contributed by atoms with E-state index in [9.17, 15) is 0 Å². The van der Waals surface area contributed by atoms with Gasteiger partial charge in [0.05, 0.1) is 5.69 Å². The van der Waals surface area contributed by atoms with Crippen molar-refractivity contribution in [3.63, 3.8) is 0 Å². The van der Waals surface area contributed by atoms with Gasteiger partial charge in [-0.25, -0.2) is 0 Å². The zero-order valence-corrected chi connectivity index (χ0v) is 17.4. The maximum atomic E-state index is 5.33. The zero-order chi connectivity index (χ0) is 19.6. The summed E-state index contributed by atoms with van der Waals surface area (Å²) in [6.45, 7) is 8.24. The molecule has 1 aliphatic carbocycles. The number of benzene rings is 2. The van der Waals surface area contributed by atoms with Crippen molar-refractivity contribution in [3.8, 4) is 11.1 Å². The highest BCUT2D eigenvalue weighted by Crippen LogP contribution is 2.69. The fraction of sp³-hybridized carbons (Fsp3) is 0.423. The fourth-order valence-electron chi connectivity index (χ4n) is 7.09. The van der Waals surface area contributed by atoms with Crippen LogP contribution in [0.25, 0.3) is 11.1 Å². The molecular weight excluding hydrogens is 354 g/mol. The number of nitrogens with zero attached hydrogens (tertiary/aromatic N) is 3. The molecule has 0 saturated carbocycles. The minimum atomic E-state index is 0.120. The van der Waals surface area contributed by atoms with Crippen LogP contribution in [0.2, 0.25) is 0 Å². The van der Waals surface area contributed by atoms with Crippen LogP contribution in [0, 0.1) is 10.8 Å². The molecule has 4 aliphatic heterocycles. The summed E-state index contributed by atoms with van der Waals surface area (Å²) in [7, 11) is 0. The van der Waals surface area contributed by atoms with Crippen LogP contribution < -0.4 is 4.90 Å². The molecule has 7 rings (SSSR count). The molecule has 2 aromatic rings. The van der Waals surface area contributed by atoms with E-state index in [1.807, 2.05) is 0 Å². The zero-order valence-electron chi connectivity index (χ0n) is 17.4. The van der Waals surface area contributed by atoms with Gasteiger partial charge in [0.1, 0.15) is 6.17 Å². The first-order chi connectivity index (χ1) is 14.0. The van der Waals surface area contributed by atoms with Gasteiger partial charge >= 0.3 is 0 Å². The van der Waals surface area contributed by atoms with Gasteiger partial charge in [0.15, 0.2) is 5.84 Å². The first-order valence-electron chi connectivity index (χ1n) is 11.1. The number of hydrazone groups is 1. The topological polar surface area (TPSA) is 18.8 Å². The summed E-state index contributed by atoms with van der Waals surface area (Å²) in [4.78, 5) is 2.62. The predicted molar refractivity (Wildman–Crippen MR) is 118 cm³/mol. The summed E-state index contributed by atoms with van der Waals surface area (Å²) >= 11 is 0. The van der Waals surface area contributed by atoms with Crippen molar-refractivity contribution in [1.29, 1.82) is 0 Å². The Morgan fingerprint density at radius 3 is 2.52 bits per heavy atom. The SMILES string of the molecule is CCC12C=CC13CCC(C)(C)CN1N=C4c5ccccc5-c5cccc2c5N4C13. The van der Waals surface area contributed by atoms with Crippen molar-refractivity contribution >= 4 is 11.5 Å². The van der Waals surface area contributed by atoms with E-state index in [0.29, 0.717) is 6.17 Å². The highest BCUT2D eigenvalue weighted by Gasteiger charge is 2.68. The summed E-state index contributed by atoms with van der Waals surface area (Å²) in [5.41, 5.74) is 7.45. The molecule has 3 unspecified atom stereocenters. The Morgan fingerprint density at radius 2 is 1.76 bits per heavy atom. The number of para-hydroxylation sites is 1. The number of amidine groups is 1. The monoisotopic (exact) mass is 381 g/mol.